The standard InChI is InChI=1S/C8H14N4O.C7H12N4O2.C6H15BO.C6H12O.C4H8N4.C4H11O3P.C4H10O3S.5CH4/c1-6(13)5-12-7(8(2,3)4)9-10-11-12;1-7(2,3)6-8-10-11(9-6)4-5(12)13;1-6(2,3)5-7(4)8;1-5(7)6(2,3)4;1-3(2)4-5-7-8-6-4;2*1-4(2,3)8(5,6)7;;;;;/h5H2,1-4H3;4H2,1-3H3,(H,12,13);8H,5H2,1-4H3;1-4H3;3H,1-2H3,(H,5,6,7,8);1-3H3,(H2,5,6,7);1-3H3,(H,5,6,7);5*1H4. The first-order chi connectivity index (χ1) is 28.5. The lowest BCUT2D eigenvalue weighted by Gasteiger charge is -2.18. The third kappa shape index (κ3) is 45.3. The highest BCUT2D eigenvalue weighted by Gasteiger charge is 2.32. The van der Waals surface area contributed by atoms with E-state index in [1.807, 2.05) is 83.0 Å². The number of carboxylic acid groups (broad SMARTS) is 1. The molecule has 0 spiro atoms. The van der Waals surface area contributed by atoms with Crippen LogP contribution in [0.4, 0.5) is 0 Å². The number of aliphatic carboxylic acids is 1. The van der Waals surface area contributed by atoms with E-state index in [4.69, 9.17) is 24.5 Å². The number of aromatic amines is 1. The van der Waals surface area contributed by atoms with Crippen molar-refractivity contribution in [3.05, 3.63) is 17.5 Å². The van der Waals surface area contributed by atoms with Gasteiger partial charge in [0, 0.05) is 22.2 Å². The van der Waals surface area contributed by atoms with E-state index in [9.17, 15) is 27.4 Å². The molecule has 0 amide bonds. The second-order valence-electron chi connectivity index (χ2n) is 21.5. The molecule has 0 atom stereocenters. The molecule has 0 bridgehead atoms. The van der Waals surface area contributed by atoms with Gasteiger partial charge in [0.2, 0.25) is 0 Å². The maximum Gasteiger partial charge on any atom is 0.330 e. The Kier molecular flexibility index (Phi) is 43.3. The Hall–Kier alpha value is -3.90. The number of aromatic nitrogens is 12. The highest BCUT2D eigenvalue weighted by Crippen LogP contribution is 2.49. The topological polar surface area (TPSA) is 345 Å². The minimum Gasteiger partial charge on any atom is -0.480 e. The van der Waals surface area contributed by atoms with Crippen LogP contribution in [0.3, 0.4) is 0 Å². The Morgan fingerprint density at radius 1 is 0.743 bits per heavy atom. The molecule has 26 heteroatoms. The normalized spacial score (nSPS) is 11.2. The van der Waals surface area contributed by atoms with Crippen molar-refractivity contribution in [3.63, 3.8) is 0 Å². The summed E-state index contributed by atoms with van der Waals surface area (Å²) in [5.74, 6) is 1.75. The SMILES string of the molecule is C.C.C.C.C.CB(O)CC(C)(C)C.CC(=O)C(C)(C)C.CC(=O)Cn1nnnc1C(C)(C)C.CC(C)(C)P(=O)(O)O.CC(C)(C)S(=O)(=O)O.CC(C)(C)c1nnn(CC(=O)O)n1.CC(C)c1nn[nH]n1. The molecule has 0 unspecified atom stereocenters. The highest BCUT2D eigenvalue weighted by molar-refractivity contribution is 7.87. The second-order valence-corrected chi connectivity index (χ2v) is 26.2. The van der Waals surface area contributed by atoms with Gasteiger partial charge in [0.15, 0.2) is 29.8 Å². The molecule has 0 aliphatic rings. The van der Waals surface area contributed by atoms with Crippen LogP contribution < -0.4 is 0 Å². The van der Waals surface area contributed by atoms with Gasteiger partial charge in [0.1, 0.15) is 12.3 Å². The van der Waals surface area contributed by atoms with Gasteiger partial charge in [-0.05, 0) is 82.8 Å². The lowest BCUT2D eigenvalue weighted by molar-refractivity contribution is -0.138. The average molecular weight is 1050 g/mol. The number of carboxylic acids is 1. The van der Waals surface area contributed by atoms with Crippen LogP contribution in [0.2, 0.25) is 13.1 Å². The Bertz CT molecular complexity index is 1980. The van der Waals surface area contributed by atoms with E-state index in [2.05, 4.69) is 72.3 Å². The number of hydrogen-bond acceptors (Lipinski definition) is 16. The summed E-state index contributed by atoms with van der Waals surface area (Å²) in [6.45, 7) is 41.6. The van der Waals surface area contributed by atoms with Crippen molar-refractivity contribution in [2.24, 2.45) is 10.8 Å². The van der Waals surface area contributed by atoms with Crippen molar-refractivity contribution in [3.8, 4) is 0 Å². The fourth-order valence-electron chi connectivity index (χ4n) is 3.09. The Labute approximate surface area is 424 Å². The molecule has 0 radical (unpaired) electrons. The van der Waals surface area contributed by atoms with E-state index >= 15 is 0 Å². The number of Topliss-reactive ketones (excluding diaryl/α,β-unsaturated/α-hetero) is 2. The third-order valence-corrected chi connectivity index (χ3v) is 10.8. The van der Waals surface area contributed by atoms with Gasteiger partial charge in [-0.15, -0.1) is 25.5 Å². The molecule has 0 aliphatic heterocycles. The number of tetrazole rings is 3. The van der Waals surface area contributed by atoms with Gasteiger partial charge >= 0.3 is 13.6 Å². The summed E-state index contributed by atoms with van der Waals surface area (Å²) in [5, 5.41) is 52.3. The molecule has 0 aromatic carbocycles. The van der Waals surface area contributed by atoms with Crippen LogP contribution in [0, 0.1) is 10.8 Å². The van der Waals surface area contributed by atoms with Crippen LogP contribution in [-0.4, -0.2) is 128 Å². The molecular formula is C44H102BN12O11PS. The van der Waals surface area contributed by atoms with Crippen molar-refractivity contribution >= 4 is 42.2 Å². The third-order valence-electron chi connectivity index (χ3n) is 7.47. The summed E-state index contributed by atoms with van der Waals surface area (Å²) in [7, 11) is -7.69. The maximum atomic E-state index is 10.9. The predicted octanol–water partition coefficient (Wildman–Crippen LogP) is 9.02. The Morgan fingerprint density at radius 3 is 1.33 bits per heavy atom. The Balaban J connectivity index is -0.0000000888. The van der Waals surface area contributed by atoms with Crippen molar-refractivity contribution in [1.82, 2.24) is 61.0 Å². The second kappa shape index (κ2) is 35.3. The van der Waals surface area contributed by atoms with Gasteiger partial charge in [-0.2, -0.15) is 18.4 Å². The monoisotopic (exact) mass is 1050 g/mol. The molecule has 3 aromatic rings. The number of H-pyrrole nitrogens is 1. The fraction of sp³-hybridized carbons (Fsp3) is 0.864. The lowest BCUT2D eigenvalue weighted by Crippen LogP contribution is -2.26. The molecule has 23 nitrogen and oxygen atoms in total. The molecule has 3 aromatic heterocycles. The summed E-state index contributed by atoms with van der Waals surface area (Å²) in [4.78, 5) is 49.6. The number of nitrogens with zero attached hydrogens (tertiary/aromatic N) is 11. The molecule has 3 heterocycles. The zero-order chi connectivity index (χ0) is 53.0. The van der Waals surface area contributed by atoms with Crippen molar-refractivity contribution < 1.29 is 51.8 Å². The summed E-state index contributed by atoms with van der Waals surface area (Å²) in [6.07, 6.45) is 0.882. The van der Waals surface area contributed by atoms with E-state index in [0.29, 0.717) is 11.7 Å². The zero-order valence-electron chi connectivity index (χ0n) is 43.2. The molecule has 70 heavy (non-hydrogen) atoms. The van der Waals surface area contributed by atoms with Gasteiger partial charge in [-0.3, -0.25) is 23.5 Å². The van der Waals surface area contributed by atoms with Crippen LogP contribution in [0.5, 0.6) is 0 Å². The van der Waals surface area contributed by atoms with Crippen LogP contribution in [-0.2, 0) is 53.0 Å². The first kappa shape index (κ1) is 85.9. The van der Waals surface area contributed by atoms with Crippen LogP contribution in [0.15, 0.2) is 0 Å². The molecule has 0 saturated carbocycles. The number of carbonyl (C=O) groups excluding carboxylic acids is 2. The van der Waals surface area contributed by atoms with E-state index < -0.39 is 33.6 Å². The maximum absolute atomic E-state index is 10.9. The number of rotatable bonds is 6. The van der Waals surface area contributed by atoms with Crippen molar-refractivity contribution in [2.45, 2.75) is 242 Å². The summed E-state index contributed by atoms with van der Waals surface area (Å²) >= 11 is 0. The minimum atomic E-state index is -3.85. The van der Waals surface area contributed by atoms with Crippen LogP contribution in [0.25, 0.3) is 0 Å². The number of hydrogen-bond donors (Lipinski definition) is 6. The molecule has 0 aliphatic carbocycles. The lowest BCUT2D eigenvalue weighted by atomic mass is 9.60. The van der Waals surface area contributed by atoms with Gasteiger partial charge in [-0.1, -0.05) is 146 Å². The van der Waals surface area contributed by atoms with Crippen molar-refractivity contribution in [2.75, 3.05) is 0 Å². The van der Waals surface area contributed by atoms with Crippen molar-refractivity contribution in [1.29, 1.82) is 0 Å². The quantitative estimate of drug-likeness (QED) is 0.0761. The molecule has 0 saturated heterocycles. The number of ketones is 2. The first-order valence-corrected chi connectivity index (χ1v) is 23.7. The van der Waals surface area contributed by atoms with Gasteiger partial charge in [0.25, 0.3) is 17.0 Å². The molecule has 3 rings (SSSR count). The zero-order valence-corrected chi connectivity index (χ0v) is 44.9. The molecular weight excluding hydrogens is 946 g/mol. The average Bonchev–Trinajstić information content (AvgIpc) is 3.81. The summed E-state index contributed by atoms with van der Waals surface area (Å²) in [6, 6.07) is 0. The number of carbonyl (C=O) groups is 3. The largest absolute Gasteiger partial charge is 0.480 e. The molecule has 418 valence electrons. The van der Waals surface area contributed by atoms with E-state index in [1.54, 1.807) is 11.6 Å². The van der Waals surface area contributed by atoms with Gasteiger partial charge < -0.3 is 19.9 Å². The molecule has 6 N–H and O–H groups in total. The van der Waals surface area contributed by atoms with E-state index in [0.717, 1.165) is 22.8 Å². The van der Waals surface area contributed by atoms with E-state index in [1.165, 1.54) is 48.5 Å². The first-order valence-electron chi connectivity index (χ1n) is 20.7. The summed E-state index contributed by atoms with van der Waals surface area (Å²) in [5.41, 5.74) is -0.191. The smallest absolute Gasteiger partial charge is 0.330 e. The van der Waals surface area contributed by atoms with Crippen LogP contribution >= 0.6 is 7.60 Å². The predicted molar refractivity (Wildman–Crippen MR) is 285 cm³/mol. The Morgan fingerprint density at radius 2 is 1.14 bits per heavy atom. The van der Waals surface area contributed by atoms with Gasteiger partial charge in [-0.25, -0.2) is 4.68 Å². The van der Waals surface area contributed by atoms with Crippen LogP contribution in [0.1, 0.15) is 213 Å². The number of nitrogens with one attached hydrogen (secondary N) is 1. The van der Waals surface area contributed by atoms with E-state index in [-0.39, 0.29) is 90.4 Å². The molecule has 0 fully saturated rings. The van der Waals surface area contributed by atoms with Gasteiger partial charge in [0.05, 0.1) is 9.90 Å². The summed E-state index contributed by atoms with van der Waals surface area (Å²) < 4.78 is 39.6. The fourth-order valence-corrected chi connectivity index (χ4v) is 3.09. The minimum absolute atomic E-state index is 0. The highest BCUT2D eigenvalue weighted by atomic mass is 32.2.